The molecule has 0 radical (unpaired) electrons. The molecule has 2 aliphatic heterocycles. The molecule has 2 aromatic heterocycles. The third-order valence-corrected chi connectivity index (χ3v) is 7.61. The fourth-order valence-electron chi connectivity index (χ4n) is 5.57. The number of aromatic amines is 2. The monoisotopic (exact) mass is 543 g/mol. The van der Waals surface area contributed by atoms with Crippen LogP contribution < -0.4 is 10.9 Å². The Labute approximate surface area is 229 Å². The van der Waals surface area contributed by atoms with Crippen LogP contribution in [0.5, 0.6) is 0 Å². The summed E-state index contributed by atoms with van der Waals surface area (Å²) in [6.45, 7) is 4.19. The van der Waals surface area contributed by atoms with Crippen LogP contribution in [0.3, 0.4) is 0 Å². The smallest absolute Gasteiger partial charge is 0.269 e. The summed E-state index contributed by atoms with van der Waals surface area (Å²) in [5, 5.41) is 10.0. The predicted molar refractivity (Wildman–Crippen MR) is 148 cm³/mol. The first-order chi connectivity index (χ1) is 19.4. The van der Waals surface area contributed by atoms with Gasteiger partial charge in [0, 0.05) is 50.3 Å². The number of nitrogens with zero attached hydrogens (tertiary/aromatic N) is 4. The molecule has 0 saturated carbocycles. The largest absolute Gasteiger partial charge is 0.383 e. The van der Waals surface area contributed by atoms with Gasteiger partial charge in [0.25, 0.3) is 17.4 Å². The Hall–Kier alpha value is -4.54. The molecule has 0 spiro atoms. The molecule has 2 aromatic carbocycles. The lowest BCUT2D eigenvalue weighted by atomic mass is 9.99. The predicted octanol–water partition coefficient (Wildman–Crippen LogP) is 3.03. The Morgan fingerprint density at radius 2 is 1.80 bits per heavy atom. The van der Waals surface area contributed by atoms with Gasteiger partial charge in [-0.05, 0) is 62.1 Å². The van der Waals surface area contributed by atoms with Crippen molar-refractivity contribution in [2.24, 2.45) is 0 Å². The van der Waals surface area contributed by atoms with Crippen LogP contribution in [0.25, 0.3) is 11.0 Å². The zero-order valence-corrected chi connectivity index (χ0v) is 22.2. The van der Waals surface area contributed by atoms with Gasteiger partial charge in [0.15, 0.2) is 0 Å². The van der Waals surface area contributed by atoms with Gasteiger partial charge in [-0.2, -0.15) is 5.10 Å². The fourth-order valence-corrected chi connectivity index (χ4v) is 5.57. The van der Waals surface area contributed by atoms with Gasteiger partial charge in [-0.15, -0.1) is 0 Å². The normalized spacial score (nSPS) is 15.4. The molecule has 0 aliphatic carbocycles. The summed E-state index contributed by atoms with van der Waals surface area (Å²) in [5.74, 6) is -0.332. The van der Waals surface area contributed by atoms with Crippen molar-refractivity contribution < 1.29 is 14.0 Å². The van der Waals surface area contributed by atoms with Gasteiger partial charge in [0.1, 0.15) is 11.6 Å². The minimum Gasteiger partial charge on any atom is -0.383 e. The number of nitrogens with one attached hydrogen (secondary N) is 3. The average molecular weight is 544 g/mol. The van der Waals surface area contributed by atoms with E-state index in [2.05, 4.69) is 25.5 Å². The van der Waals surface area contributed by atoms with E-state index in [9.17, 15) is 18.8 Å². The van der Waals surface area contributed by atoms with Crippen molar-refractivity contribution in [3.05, 3.63) is 86.3 Å². The summed E-state index contributed by atoms with van der Waals surface area (Å²) >= 11 is 0. The molecule has 6 rings (SSSR count). The van der Waals surface area contributed by atoms with Gasteiger partial charge in [0.05, 0.1) is 28.0 Å². The molecule has 0 bridgehead atoms. The molecule has 1 fully saturated rings. The third-order valence-electron chi connectivity index (χ3n) is 7.61. The van der Waals surface area contributed by atoms with Gasteiger partial charge in [0.2, 0.25) is 0 Å². The van der Waals surface area contributed by atoms with E-state index in [1.54, 1.807) is 34.1 Å². The van der Waals surface area contributed by atoms with E-state index in [1.165, 1.54) is 6.07 Å². The van der Waals surface area contributed by atoms with Crippen molar-refractivity contribution in [3.8, 4) is 0 Å². The molecule has 3 N–H and O–H groups in total. The molecule has 1 saturated heterocycles. The molecule has 2 aliphatic rings. The summed E-state index contributed by atoms with van der Waals surface area (Å²) in [6.07, 6.45) is 2.47. The molecule has 0 unspecified atom stereocenters. The van der Waals surface area contributed by atoms with Crippen LogP contribution >= 0.6 is 0 Å². The summed E-state index contributed by atoms with van der Waals surface area (Å²) < 4.78 is 14.9. The van der Waals surface area contributed by atoms with Crippen LogP contribution in [0.2, 0.25) is 0 Å². The number of aryl methyl sites for hydroxylation is 1. The number of H-pyrrole nitrogens is 2. The SMILES string of the molecule is Cc1nc2cc(C(=O)N3CCCN(C(=O)c4cc(Cc5n[nH]c(=O)c6c5NCCC6)ccc4F)CC3)ccc2[nH]1. The number of fused-ring (bicyclic) bond motifs is 2. The van der Waals surface area contributed by atoms with Gasteiger partial charge < -0.3 is 20.1 Å². The van der Waals surface area contributed by atoms with Crippen molar-refractivity contribution >= 4 is 28.5 Å². The van der Waals surface area contributed by atoms with Crippen molar-refractivity contribution in [1.29, 1.82) is 0 Å². The average Bonchev–Trinajstić information content (AvgIpc) is 3.17. The molecule has 4 aromatic rings. The maximum Gasteiger partial charge on any atom is 0.269 e. The Kier molecular flexibility index (Phi) is 6.79. The molecule has 206 valence electrons. The van der Waals surface area contributed by atoms with Crippen molar-refractivity contribution in [2.75, 3.05) is 38.0 Å². The van der Waals surface area contributed by atoms with E-state index >= 15 is 0 Å². The van der Waals surface area contributed by atoms with Gasteiger partial charge in [-0.25, -0.2) is 14.5 Å². The zero-order chi connectivity index (χ0) is 27.8. The van der Waals surface area contributed by atoms with Crippen LogP contribution in [0, 0.1) is 12.7 Å². The number of imidazole rings is 1. The summed E-state index contributed by atoms with van der Waals surface area (Å²) in [7, 11) is 0. The maximum absolute atomic E-state index is 14.9. The lowest BCUT2D eigenvalue weighted by Crippen LogP contribution is -2.37. The fraction of sp³-hybridized carbons (Fsp3) is 0.345. The van der Waals surface area contributed by atoms with Gasteiger partial charge >= 0.3 is 0 Å². The summed E-state index contributed by atoms with van der Waals surface area (Å²) in [5.41, 5.74) is 4.72. The van der Waals surface area contributed by atoms with Crippen LogP contribution in [-0.2, 0) is 12.8 Å². The second kappa shape index (κ2) is 10.6. The van der Waals surface area contributed by atoms with Gasteiger partial charge in [-0.3, -0.25) is 14.4 Å². The van der Waals surface area contributed by atoms with Crippen LogP contribution in [0.4, 0.5) is 10.1 Å². The minimum absolute atomic E-state index is 0.0112. The van der Waals surface area contributed by atoms with Gasteiger partial charge in [-0.1, -0.05) is 6.07 Å². The van der Waals surface area contributed by atoms with E-state index in [4.69, 9.17) is 0 Å². The number of anilines is 1. The quantitative estimate of drug-likeness (QED) is 0.363. The van der Waals surface area contributed by atoms with Crippen molar-refractivity contribution in [1.82, 2.24) is 30.0 Å². The lowest BCUT2D eigenvalue weighted by Gasteiger charge is -2.23. The Bertz CT molecular complexity index is 1680. The summed E-state index contributed by atoms with van der Waals surface area (Å²) in [4.78, 5) is 49.8. The number of halogens is 1. The van der Waals surface area contributed by atoms with E-state index < -0.39 is 11.7 Å². The second-order valence-electron chi connectivity index (χ2n) is 10.4. The van der Waals surface area contributed by atoms with Crippen LogP contribution in [0.15, 0.2) is 41.2 Å². The highest BCUT2D eigenvalue weighted by Gasteiger charge is 2.26. The van der Waals surface area contributed by atoms with E-state index in [1.807, 2.05) is 13.0 Å². The van der Waals surface area contributed by atoms with Crippen molar-refractivity contribution in [2.45, 2.75) is 32.6 Å². The molecule has 40 heavy (non-hydrogen) atoms. The first-order valence-electron chi connectivity index (χ1n) is 13.5. The molecule has 4 heterocycles. The first-order valence-corrected chi connectivity index (χ1v) is 13.5. The maximum atomic E-state index is 14.9. The number of carbonyl (C=O) groups excluding carboxylic acids is 2. The number of carbonyl (C=O) groups is 2. The Morgan fingerprint density at radius 3 is 2.62 bits per heavy atom. The molecule has 0 atom stereocenters. The highest BCUT2D eigenvalue weighted by Crippen LogP contribution is 2.25. The Balaban J connectivity index is 1.17. The molecular weight excluding hydrogens is 513 g/mol. The third kappa shape index (κ3) is 4.94. The van der Waals surface area contributed by atoms with E-state index in [0.717, 1.165) is 41.1 Å². The first kappa shape index (κ1) is 25.7. The number of hydrogen-bond acceptors (Lipinski definition) is 6. The molecule has 2 amide bonds. The molecule has 10 nitrogen and oxygen atoms in total. The highest BCUT2D eigenvalue weighted by molar-refractivity contribution is 5.98. The lowest BCUT2D eigenvalue weighted by molar-refractivity contribution is 0.0716. The Morgan fingerprint density at radius 1 is 1.00 bits per heavy atom. The zero-order valence-electron chi connectivity index (χ0n) is 22.2. The van der Waals surface area contributed by atoms with Crippen LogP contribution in [0.1, 0.15) is 56.2 Å². The van der Waals surface area contributed by atoms with E-state index in [-0.39, 0.29) is 17.0 Å². The summed E-state index contributed by atoms with van der Waals surface area (Å²) in [6, 6.07) is 9.90. The number of rotatable bonds is 4. The second-order valence-corrected chi connectivity index (χ2v) is 10.4. The molecule has 11 heteroatoms. The number of benzene rings is 2. The molecular formula is C29H30FN7O3. The number of hydrogen-bond donors (Lipinski definition) is 3. The number of aromatic nitrogens is 4. The highest BCUT2D eigenvalue weighted by atomic mass is 19.1. The topological polar surface area (TPSA) is 127 Å². The van der Waals surface area contributed by atoms with Crippen LogP contribution in [-0.4, -0.2) is 74.5 Å². The minimum atomic E-state index is -0.594. The standard InChI is InChI=1S/C29H30FN7O3/c1-17-32-23-8-6-19(16-24(23)33-17)28(39)36-10-3-11-37(13-12-36)29(40)21-14-18(5-7-22(21)30)15-25-26-20(4-2-9-31-26)27(38)35-34-25/h5-8,14,16,31H,2-4,9-13,15H2,1H3,(H,32,33)(H,35,38). The van der Waals surface area contributed by atoms with E-state index in [0.29, 0.717) is 62.3 Å². The number of amides is 2. The van der Waals surface area contributed by atoms with Crippen molar-refractivity contribution in [3.63, 3.8) is 0 Å².